The van der Waals surface area contributed by atoms with Crippen LogP contribution in [0.4, 0.5) is 10.8 Å². The van der Waals surface area contributed by atoms with Crippen molar-refractivity contribution in [3.05, 3.63) is 32.8 Å². The highest BCUT2D eigenvalue weighted by Gasteiger charge is 2.26. The second kappa shape index (κ2) is 6.53. The van der Waals surface area contributed by atoms with E-state index in [2.05, 4.69) is 35.2 Å². The zero-order valence-corrected chi connectivity index (χ0v) is 16.8. The van der Waals surface area contributed by atoms with Crippen LogP contribution in [0, 0.1) is 24.2 Å². The average molecular weight is 384 g/mol. The van der Waals surface area contributed by atoms with E-state index in [0.717, 1.165) is 48.0 Å². The lowest BCUT2D eigenvalue weighted by Gasteiger charge is -2.29. The number of anilines is 2. The fraction of sp³-hybridized carbons (Fsp3) is 0.421. The molecule has 0 fully saturated rings. The molecule has 0 saturated heterocycles. The molecule has 0 atom stereocenters. The fourth-order valence-electron chi connectivity index (χ4n) is 3.63. The predicted molar refractivity (Wildman–Crippen MR) is 109 cm³/mol. The first kappa shape index (κ1) is 17.3. The van der Waals surface area contributed by atoms with Crippen LogP contribution in [0.3, 0.4) is 0 Å². The first-order chi connectivity index (χ1) is 12.5. The molecular weight excluding hydrogens is 362 g/mol. The topological polar surface area (TPSA) is 78.8 Å². The molecule has 3 aromatic heterocycles. The van der Waals surface area contributed by atoms with Crippen molar-refractivity contribution in [1.82, 2.24) is 9.97 Å². The molecule has 0 radical (unpaired) electrons. The number of nitriles is 1. The minimum Gasteiger partial charge on any atom is -0.389 e. The molecule has 2 N–H and O–H groups in total. The molecule has 26 heavy (non-hydrogen) atoms. The summed E-state index contributed by atoms with van der Waals surface area (Å²) in [5.74, 6) is 2.42. The molecule has 4 heterocycles. The van der Waals surface area contributed by atoms with Gasteiger partial charge < -0.3 is 10.6 Å². The molecular formula is C19H21N5S2. The maximum Gasteiger partial charge on any atom is 0.141 e. The fourth-order valence-corrected chi connectivity index (χ4v) is 5.71. The van der Waals surface area contributed by atoms with Crippen molar-refractivity contribution in [3.63, 3.8) is 0 Å². The van der Waals surface area contributed by atoms with Gasteiger partial charge in [-0.2, -0.15) is 5.26 Å². The molecule has 0 bridgehead atoms. The molecule has 3 aromatic rings. The average Bonchev–Trinajstić information content (AvgIpc) is 3.12. The van der Waals surface area contributed by atoms with Crippen molar-refractivity contribution in [2.45, 2.75) is 40.2 Å². The Morgan fingerprint density at radius 3 is 2.92 bits per heavy atom. The molecule has 0 amide bonds. The number of nitrogens with two attached hydrogens (primary N) is 1. The summed E-state index contributed by atoms with van der Waals surface area (Å²) >= 11 is 3.24. The lowest BCUT2D eigenvalue weighted by molar-refractivity contribution is 0.650. The summed E-state index contributed by atoms with van der Waals surface area (Å²) in [5.41, 5.74) is 9.18. The van der Waals surface area contributed by atoms with E-state index < -0.39 is 0 Å². The Labute approximate surface area is 161 Å². The number of nitrogen functional groups attached to an aromatic ring is 1. The molecule has 0 aromatic carbocycles. The van der Waals surface area contributed by atoms with Crippen molar-refractivity contribution < 1.29 is 0 Å². The van der Waals surface area contributed by atoms with Crippen molar-refractivity contribution in [1.29, 1.82) is 5.26 Å². The van der Waals surface area contributed by atoms with Crippen LogP contribution in [0.25, 0.3) is 10.2 Å². The number of aromatic nitrogens is 2. The molecule has 134 valence electrons. The zero-order chi connectivity index (χ0) is 18.4. The number of hydrogen-bond donors (Lipinski definition) is 1. The quantitative estimate of drug-likeness (QED) is 0.730. The van der Waals surface area contributed by atoms with Gasteiger partial charge in [-0.15, -0.1) is 22.7 Å². The van der Waals surface area contributed by atoms with Gasteiger partial charge in [-0.3, -0.25) is 0 Å². The summed E-state index contributed by atoms with van der Waals surface area (Å²) in [6.45, 7) is 8.04. The van der Waals surface area contributed by atoms with Gasteiger partial charge in [-0.1, -0.05) is 13.8 Å². The smallest absolute Gasteiger partial charge is 0.141 e. The van der Waals surface area contributed by atoms with Crippen LogP contribution in [-0.4, -0.2) is 16.5 Å². The lowest BCUT2D eigenvalue weighted by Crippen LogP contribution is -2.31. The van der Waals surface area contributed by atoms with Crippen LogP contribution in [0.5, 0.6) is 0 Å². The molecule has 0 unspecified atom stereocenters. The van der Waals surface area contributed by atoms with Crippen LogP contribution in [0.2, 0.25) is 0 Å². The summed E-state index contributed by atoms with van der Waals surface area (Å²) in [6.07, 6.45) is 1.86. The Hall–Kier alpha value is -2.17. The Bertz CT molecular complexity index is 1020. The van der Waals surface area contributed by atoms with E-state index >= 15 is 0 Å². The Balaban J connectivity index is 1.79. The zero-order valence-electron chi connectivity index (χ0n) is 15.2. The van der Waals surface area contributed by atoms with Gasteiger partial charge >= 0.3 is 0 Å². The predicted octanol–water partition coefficient (Wildman–Crippen LogP) is 4.28. The minimum absolute atomic E-state index is 0.588. The monoisotopic (exact) mass is 383 g/mol. The van der Waals surface area contributed by atoms with E-state index in [1.807, 2.05) is 6.92 Å². The van der Waals surface area contributed by atoms with E-state index in [1.54, 1.807) is 11.3 Å². The first-order valence-corrected chi connectivity index (χ1v) is 10.5. The van der Waals surface area contributed by atoms with Gasteiger partial charge in [0.25, 0.3) is 0 Å². The van der Waals surface area contributed by atoms with Crippen molar-refractivity contribution in [2.24, 2.45) is 5.92 Å². The summed E-state index contributed by atoms with van der Waals surface area (Å²) in [5, 5.41) is 13.4. The van der Waals surface area contributed by atoms with Gasteiger partial charge in [0.15, 0.2) is 0 Å². The molecule has 1 aliphatic rings. The van der Waals surface area contributed by atoms with Gasteiger partial charge in [0.1, 0.15) is 27.5 Å². The lowest BCUT2D eigenvalue weighted by atomic mass is 10.0. The Kier molecular flexibility index (Phi) is 4.33. The number of fused-ring (bicyclic) bond motifs is 2. The van der Waals surface area contributed by atoms with Gasteiger partial charge in [-0.05, 0) is 42.2 Å². The highest BCUT2D eigenvalue weighted by atomic mass is 32.1. The molecule has 4 rings (SSSR count). The molecule has 0 saturated carbocycles. The van der Waals surface area contributed by atoms with Gasteiger partial charge in [-0.25, -0.2) is 9.97 Å². The SMILES string of the molecule is Cc1nc(N2CCc3c(sc(N)c3C#N)C2)c2c(CC(C)C)csc2n1. The van der Waals surface area contributed by atoms with Crippen molar-refractivity contribution in [2.75, 3.05) is 17.2 Å². The number of nitrogens with zero attached hydrogens (tertiary/aromatic N) is 4. The highest BCUT2D eigenvalue weighted by Crippen LogP contribution is 2.39. The standard InChI is InChI=1S/C19H21N5S2/c1-10(2)6-12-9-25-19-16(12)18(22-11(3)23-19)24-5-4-13-14(7-20)17(21)26-15(13)8-24/h9-10H,4-6,8,21H2,1-3H3. The third-order valence-corrected chi connectivity index (χ3v) is 6.69. The normalized spacial score (nSPS) is 14.0. The Morgan fingerprint density at radius 2 is 2.19 bits per heavy atom. The largest absolute Gasteiger partial charge is 0.389 e. The highest BCUT2D eigenvalue weighted by molar-refractivity contribution is 7.17. The van der Waals surface area contributed by atoms with E-state index in [-0.39, 0.29) is 0 Å². The summed E-state index contributed by atoms with van der Waals surface area (Å²) < 4.78 is 0. The van der Waals surface area contributed by atoms with Crippen molar-refractivity contribution in [3.8, 4) is 6.07 Å². The maximum atomic E-state index is 9.36. The molecule has 7 heteroatoms. The molecule has 0 aliphatic carbocycles. The summed E-state index contributed by atoms with van der Waals surface area (Å²) in [6, 6.07) is 2.27. The summed E-state index contributed by atoms with van der Waals surface area (Å²) in [4.78, 5) is 14.1. The maximum absolute atomic E-state index is 9.36. The van der Waals surface area contributed by atoms with Crippen LogP contribution in [0.15, 0.2) is 5.38 Å². The van der Waals surface area contributed by atoms with E-state index in [1.165, 1.54) is 27.2 Å². The second-order valence-corrected chi connectivity index (χ2v) is 9.15. The van der Waals surface area contributed by atoms with E-state index in [4.69, 9.17) is 10.7 Å². The minimum atomic E-state index is 0.588. The third kappa shape index (κ3) is 2.83. The molecule has 0 spiro atoms. The van der Waals surface area contributed by atoms with Gasteiger partial charge in [0, 0.05) is 11.4 Å². The van der Waals surface area contributed by atoms with Crippen LogP contribution < -0.4 is 10.6 Å². The van der Waals surface area contributed by atoms with Gasteiger partial charge in [0.05, 0.1) is 17.5 Å². The van der Waals surface area contributed by atoms with Gasteiger partial charge in [0.2, 0.25) is 0 Å². The number of thiophene rings is 2. The van der Waals surface area contributed by atoms with Crippen LogP contribution >= 0.6 is 22.7 Å². The van der Waals surface area contributed by atoms with E-state index in [0.29, 0.717) is 16.5 Å². The number of rotatable bonds is 3. The third-order valence-electron chi connectivity index (χ3n) is 4.73. The molecule has 1 aliphatic heterocycles. The molecule has 5 nitrogen and oxygen atoms in total. The first-order valence-electron chi connectivity index (χ1n) is 8.77. The van der Waals surface area contributed by atoms with Crippen molar-refractivity contribution >= 4 is 43.7 Å². The number of aryl methyl sites for hydroxylation is 1. The van der Waals surface area contributed by atoms with Crippen LogP contribution in [0.1, 0.15) is 41.2 Å². The second-order valence-electron chi connectivity index (χ2n) is 7.16. The number of hydrogen-bond acceptors (Lipinski definition) is 7. The Morgan fingerprint density at radius 1 is 1.38 bits per heavy atom. The van der Waals surface area contributed by atoms with Crippen LogP contribution in [-0.2, 0) is 19.4 Å². The van der Waals surface area contributed by atoms with E-state index in [9.17, 15) is 5.26 Å². The summed E-state index contributed by atoms with van der Waals surface area (Å²) in [7, 11) is 0.